The predicted octanol–water partition coefficient (Wildman–Crippen LogP) is 2.44. The average Bonchev–Trinajstić information content (AvgIpc) is 2.92. The van der Waals surface area contributed by atoms with Crippen molar-refractivity contribution < 1.29 is 9.59 Å². The van der Waals surface area contributed by atoms with E-state index in [0.717, 1.165) is 38.8 Å². The van der Waals surface area contributed by atoms with Crippen molar-refractivity contribution in [3.8, 4) is 0 Å². The van der Waals surface area contributed by atoms with Gasteiger partial charge < -0.3 is 4.90 Å². The van der Waals surface area contributed by atoms with Gasteiger partial charge in [0.15, 0.2) is 0 Å². The summed E-state index contributed by atoms with van der Waals surface area (Å²) in [6.45, 7) is 3.56. The molecule has 1 aromatic rings. The molecule has 1 amide bonds. The van der Waals surface area contributed by atoms with Crippen LogP contribution in [-0.4, -0.2) is 29.7 Å². The number of carbonyl (C=O) groups excluding carboxylic acids is 2. The van der Waals surface area contributed by atoms with E-state index in [2.05, 4.69) is 6.92 Å². The number of ketones is 1. The van der Waals surface area contributed by atoms with Crippen LogP contribution in [0.1, 0.15) is 42.1 Å². The molecule has 0 radical (unpaired) electrons. The van der Waals surface area contributed by atoms with Crippen molar-refractivity contribution in [2.24, 2.45) is 0 Å². The molecule has 1 aliphatic rings. The van der Waals surface area contributed by atoms with Crippen LogP contribution in [0, 0.1) is 0 Å². The smallest absolute Gasteiger partial charge is 0.294 e. The highest BCUT2D eigenvalue weighted by Crippen LogP contribution is 2.12. The molecule has 2 rings (SSSR count). The van der Waals surface area contributed by atoms with Gasteiger partial charge in [-0.1, -0.05) is 37.6 Å². The van der Waals surface area contributed by atoms with Crippen molar-refractivity contribution >= 4 is 11.7 Å². The Morgan fingerprint density at radius 3 is 2.28 bits per heavy atom. The van der Waals surface area contributed by atoms with Crippen LogP contribution in [0.5, 0.6) is 0 Å². The molecule has 0 aliphatic carbocycles. The Morgan fingerprint density at radius 1 is 1.11 bits per heavy atom. The maximum atomic E-state index is 12.0. The van der Waals surface area contributed by atoms with E-state index >= 15 is 0 Å². The summed E-state index contributed by atoms with van der Waals surface area (Å²) in [7, 11) is 0. The zero-order valence-corrected chi connectivity index (χ0v) is 10.8. The molecule has 0 saturated carbocycles. The Morgan fingerprint density at radius 2 is 1.72 bits per heavy atom. The van der Waals surface area contributed by atoms with Crippen molar-refractivity contribution in [2.75, 3.05) is 13.1 Å². The Bertz CT molecular complexity index is 430. The molecule has 1 aromatic carbocycles. The molecule has 1 heterocycles. The molecule has 0 spiro atoms. The van der Waals surface area contributed by atoms with E-state index in [0.29, 0.717) is 5.56 Å². The lowest BCUT2D eigenvalue weighted by molar-refractivity contribution is -0.125. The molecule has 0 N–H and O–H groups in total. The van der Waals surface area contributed by atoms with Crippen LogP contribution in [0.25, 0.3) is 0 Å². The largest absolute Gasteiger partial charge is 0.336 e. The summed E-state index contributed by atoms with van der Waals surface area (Å²) in [4.78, 5) is 25.6. The molecule has 3 heteroatoms. The first-order chi connectivity index (χ1) is 8.72. The number of likely N-dealkylation sites (tertiary alicyclic amines) is 1. The molecule has 0 unspecified atom stereocenters. The summed E-state index contributed by atoms with van der Waals surface area (Å²) >= 11 is 0. The van der Waals surface area contributed by atoms with Crippen LogP contribution in [0.15, 0.2) is 24.3 Å². The number of hydrogen-bond donors (Lipinski definition) is 0. The second kappa shape index (κ2) is 5.80. The lowest BCUT2D eigenvalue weighted by Crippen LogP contribution is -2.34. The lowest BCUT2D eigenvalue weighted by Gasteiger charge is -2.13. The minimum Gasteiger partial charge on any atom is -0.336 e. The SMILES string of the molecule is CCCc1ccc(C(=O)C(=O)N2CCCC2)cc1. The average molecular weight is 245 g/mol. The van der Waals surface area contributed by atoms with Gasteiger partial charge in [-0.15, -0.1) is 0 Å². The number of nitrogens with zero attached hydrogens (tertiary/aromatic N) is 1. The first-order valence-corrected chi connectivity index (χ1v) is 6.65. The highest BCUT2D eigenvalue weighted by Gasteiger charge is 2.25. The third kappa shape index (κ3) is 2.78. The minimum atomic E-state index is -0.375. The van der Waals surface area contributed by atoms with Gasteiger partial charge in [0.05, 0.1) is 0 Å². The van der Waals surface area contributed by atoms with E-state index in [1.54, 1.807) is 17.0 Å². The van der Waals surface area contributed by atoms with E-state index in [1.807, 2.05) is 12.1 Å². The normalized spacial score (nSPS) is 14.8. The van der Waals surface area contributed by atoms with Gasteiger partial charge in [-0.2, -0.15) is 0 Å². The molecule has 0 atom stereocenters. The summed E-state index contributed by atoms with van der Waals surface area (Å²) < 4.78 is 0. The molecule has 1 saturated heterocycles. The van der Waals surface area contributed by atoms with Crippen molar-refractivity contribution in [3.63, 3.8) is 0 Å². The Labute approximate surface area is 108 Å². The van der Waals surface area contributed by atoms with Crippen LogP contribution in [0.4, 0.5) is 0 Å². The fraction of sp³-hybridized carbons (Fsp3) is 0.467. The summed E-state index contributed by atoms with van der Waals surface area (Å²) in [5.74, 6) is -0.726. The van der Waals surface area contributed by atoms with E-state index < -0.39 is 0 Å². The third-order valence-corrected chi connectivity index (χ3v) is 3.34. The standard InChI is InChI=1S/C15H19NO2/c1-2-5-12-6-8-13(9-7-12)14(17)15(18)16-10-3-4-11-16/h6-9H,2-5,10-11H2,1H3. The molecule has 96 valence electrons. The Hall–Kier alpha value is -1.64. The first kappa shape index (κ1) is 12.8. The maximum absolute atomic E-state index is 12.0. The van der Waals surface area contributed by atoms with E-state index in [4.69, 9.17) is 0 Å². The van der Waals surface area contributed by atoms with Gasteiger partial charge >= 0.3 is 0 Å². The summed E-state index contributed by atoms with van der Waals surface area (Å²) in [5.41, 5.74) is 1.72. The summed E-state index contributed by atoms with van der Waals surface area (Å²) in [6, 6.07) is 7.41. The molecule has 0 aromatic heterocycles. The third-order valence-electron chi connectivity index (χ3n) is 3.34. The van der Waals surface area contributed by atoms with Gasteiger partial charge in [-0.05, 0) is 24.8 Å². The molecule has 1 aliphatic heterocycles. The van der Waals surface area contributed by atoms with Crippen molar-refractivity contribution in [3.05, 3.63) is 35.4 Å². The quantitative estimate of drug-likeness (QED) is 0.603. The highest BCUT2D eigenvalue weighted by atomic mass is 16.2. The topological polar surface area (TPSA) is 37.4 Å². The molecule has 0 bridgehead atoms. The molecule has 1 fully saturated rings. The van der Waals surface area contributed by atoms with Gasteiger partial charge in [0.2, 0.25) is 5.78 Å². The monoisotopic (exact) mass is 245 g/mol. The van der Waals surface area contributed by atoms with Gasteiger partial charge in [0.25, 0.3) is 5.91 Å². The second-order valence-corrected chi connectivity index (χ2v) is 4.78. The number of Topliss-reactive ketones (excluding diaryl/α,β-unsaturated/α-hetero) is 1. The Kier molecular flexibility index (Phi) is 4.13. The number of amides is 1. The number of carbonyl (C=O) groups is 2. The number of aryl methyl sites for hydroxylation is 1. The number of benzene rings is 1. The van der Waals surface area contributed by atoms with Gasteiger partial charge in [0, 0.05) is 18.7 Å². The summed E-state index contributed by atoms with van der Waals surface area (Å²) in [5, 5.41) is 0. The van der Waals surface area contributed by atoms with E-state index in [1.165, 1.54) is 5.56 Å². The zero-order chi connectivity index (χ0) is 13.0. The van der Waals surface area contributed by atoms with Gasteiger partial charge in [-0.25, -0.2) is 0 Å². The van der Waals surface area contributed by atoms with Crippen molar-refractivity contribution in [2.45, 2.75) is 32.6 Å². The number of rotatable bonds is 4. The van der Waals surface area contributed by atoms with Crippen LogP contribution in [0.3, 0.4) is 0 Å². The van der Waals surface area contributed by atoms with Gasteiger partial charge in [-0.3, -0.25) is 9.59 Å². The predicted molar refractivity (Wildman–Crippen MR) is 70.6 cm³/mol. The zero-order valence-electron chi connectivity index (χ0n) is 10.8. The van der Waals surface area contributed by atoms with E-state index in [-0.39, 0.29) is 11.7 Å². The molecular weight excluding hydrogens is 226 g/mol. The van der Waals surface area contributed by atoms with Crippen LogP contribution in [0.2, 0.25) is 0 Å². The van der Waals surface area contributed by atoms with Crippen molar-refractivity contribution in [1.29, 1.82) is 0 Å². The van der Waals surface area contributed by atoms with Crippen molar-refractivity contribution in [1.82, 2.24) is 4.90 Å². The number of hydrogen-bond acceptors (Lipinski definition) is 2. The summed E-state index contributed by atoms with van der Waals surface area (Å²) in [6.07, 6.45) is 4.11. The van der Waals surface area contributed by atoms with Crippen LogP contribution in [-0.2, 0) is 11.2 Å². The van der Waals surface area contributed by atoms with E-state index in [9.17, 15) is 9.59 Å². The molecular formula is C15H19NO2. The lowest BCUT2D eigenvalue weighted by atomic mass is 10.0. The van der Waals surface area contributed by atoms with Crippen LogP contribution < -0.4 is 0 Å². The first-order valence-electron chi connectivity index (χ1n) is 6.65. The fourth-order valence-electron chi connectivity index (χ4n) is 2.30. The minimum absolute atomic E-state index is 0.351. The highest BCUT2D eigenvalue weighted by molar-refractivity contribution is 6.42. The van der Waals surface area contributed by atoms with Gasteiger partial charge in [0.1, 0.15) is 0 Å². The fourth-order valence-corrected chi connectivity index (χ4v) is 2.30. The maximum Gasteiger partial charge on any atom is 0.294 e. The second-order valence-electron chi connectivity index (χ2n) is 4.78. The molecule has 18 heavy (non-hydrogen) atoms. The Balaban J connectivity index is 2.05. The molecule has 3 nitrogen and oxygen atoms in total. The van der Waals surface area contributed by atoms with Crippen LogP contribution >= 0.6 is 0 Å².